The van der Waals surface area contributed by atoms with Crippen LogP contribution in [0.5, 0.6) is 0 Å². The normalized spacial score (nSPS) is 27.5. The van der Waals surface area contributed by atoms with E-state index in [1.54, 1.807) is 25.2 Å². The molecule has 6 heteroatoms. The molecule has 23 heavy (non-hydrogen) atoms. The minimum absolute atomic E-state index is 0.0216. The number of amides is 2. The van der Waals surface area contributed by atoms with Crippen LogP contribution in [0.25, 0.3) is 0 Å². The lowest BCUT2D eigenvalue weighted by atomic mass is 10.0. The fourth-order valence-corrected chi connectivity index (χ4v) is 3.62. The van der Waals surface area contributed by atoms with E-state index in [0.29, 0.717) is 19.4 Å². The molecule has 2 N–H and O–H groups in total. The van der Waals surface area contributed by atoms with Crippen molar-refractivity contribution < 1.29 is 14.0 Å². The summed E-state index contributed by atoms with van der Waals surface area (Å²) in [5, 5.41) is 0. The molecule has 3 rings (SSSR count). The number of halogens is 1. The van der Waals surface area contributed by atoms with E-state index < -0.39 is 11.9 Å². The monoisotopic (exact) mass is 319 g/mol. The maximum absolute atomic E-state index is 13.9. The van der Waals surface area contributed by atoms with Gasteiger partial charge in [-0.1, -0.05) is 12.1 Å². The maximum Gasteiger partial charge on any atom is 0.249 e. The largest absolute Gasteiger partial charge is 0.333 e. The highest BCUT2D eigenvalue weighted by molar-refractivity contribution is 6.01. The van der Waals surface area contributed by atoms with Gasteiger partial charge in [0.15, 0.2) is 0 Å². The summed E-state index contributed by atoms with van der Waals surface area (Å²) in [5.41, 5.74) is 6.15. The molecule has 1 aromatic carbocycles. The zero-order valence-electron chi connectivity index (χ0n) is 13.2. The van der Waals surface area contributed by atoms with E-state index in [1.165, 1.54) is 15.9 Å². The molecular weight excluding hydrogens is 297 g/mol. The van der Waals surface area contributed by atoms with Crippen LogP contribution < -0.4 is 10.6 Å². The Balaban J connectivity index is 1.71. The molecule has 1 aliphatic heterocycles. The van der Waals surface area contributed by atoms with Gasteiger partial charge < -0.3 is 15.5 Å². The van der Waals surface area contributed by atoms with Gasteiger partial charge in [-0.25, -0.2) is 4.39 Å². The zero-order valence-corrected chi connectivity index (χ0v) is 13.2. The third kappa shape index (κ3) is 2.95. The van der Waals surface area contributed by atoms with Crippen molar-refractivity contribution in [3.05, 3.63) is 30.1 Å². The number of nitrogens with zero attached hydrogens (tertiary/aromatic N) is 2. The quantitative estimate of drug-likeness (QED) is 0.918. The molecule has 0 bridgehead atoms. The molecule has 2 aliphatic rings. The number of likely N-dealkylation sites (N-methyl/N-ethyl adjacent to an activating group) is 1. The first-order valence-electron chi connectivity index (χ1n) is 8.07. The first-order chi connectivity index (χ1) is 11.0. The molecule has 2 fully saturated rings. The summed E-state index contributed by atoms with van der Waals surface area (Å²) in [7, 11) is 1.67. The predicted molar refractivity (Wildman–Crippen MR) is 85.2 cm³/mol. The standard InChI is InChI=1S/C17H22FN3O2/c1-20(16(22)11-6-7-12(19)10-11)15-8-9-21(17(15)23)14-5-3-2-4-13(14)18/h2-5,11-12,15H,6-10,19H2,1H3. The van der Waals surface area contributed by atoms with Crippen LogP contribution in [0.15, 0.2) is 24.3 Å². The van der Waals surface area contributed by atoms with Crippen molar-refractivity contribution in [2.75, 3.05) is 18.5 Å². The number of hydrogen-bond acceptors (Lipinski definition) is 3. The van der Waals surface area contributed by atoms with Crippen molar-refractivity contribution in [3.63, 3.8) is 0 Å². The number of carbonyl (C=O) groups excluding carboxylic acids is 2. The lowest BCUT2D eigenvalue weighted by Gasteiger charge is -2.26. The number of rotatable bonds is 3. The average Bonchev–Trinajstić information content (AvgIpc) is 3.13. The number of benzene rings is 1. The van der Waals surface area contributed by atoms with Crippen LogP contribution in [0.4, 0.5) is 10.1 Å². The SMILES string of the molecule is CN(C(=O)C1CCC(N)C1)C1CCN(c2ccccc2F)C1=O. The molecule has 2 amide bonds. The van der Waals surface area contributed by atoms with Gasteiger partial charge in [0.2, 0.25) is 11.8 Å². The van der Waals surface area contributed by atoms with Crippen LogP contribution in [-0.2, 0) is 9.59 Å². The van der Waals surface area contributed by atoms with Gasteiger partial charge in [0.25, 0.3) is 0 Å². The second-order valence-corrected chi connectivity index (χ2v) is 6.46. The van der Waals surface area contributed by atoms with Crippen molar-refractivity contribution in [1.29, 1.82) is 0 Å². The summed E-state index contributed by atoms with van der Waals surface area (Å²) in [5.74, 6) is -0.748. The highest BCUT2D eigenvalue weighted by atomic mass is 19.1. The Morgan fingerprint density at radius 3 is 2.70 bits per heavy atom. The number of carbonyl (C=O) groups is 2. The van der Waals surface area contributed by atoms with Gasteiger partial charge in [-0.15, -0.1) is 0 Å². The van der Waals surface area contributed by atoms with Gasteiger partial charge in [-0.05, 0) is 37.8 Å². The number of anilines is 1. The van der Waals surface area contributed by atoms with Crippen LogP contribution in [0.3, 0.4) is 0 Å². The molecule has 5 nitrogen and oxygen atoms in total. The highest BCUT2D eigenvalue weighted by Gasteiger charge is 2.40. The Morgan fingerprint density at radius 2 is 2.04 bits per heavy atom. The van der Waals surface area contributed by atoms with E-state index in [1.807, 2.05) is 0 Å². The Kier molecular flexibility index (Phi) is 4.35. The minimum atomic E-state index is -0.515. The highest BCUT2D eigenvalue weighted by Crippen LogP contribution is 2.30. The van der Waals surface area contributed by atoms with E-state index in [2.05, 4.69) is 0 Å². The van der Waals surface area contributed by atoms with Gasteiger partial charge in [0.1, 0.15) is 11.9 Å². The first kappa shape index (κ1) is 15.9. The smallest absolute Gasteiger partial charge is 0.249 e. The van der Waals surface area contributed by atoms with Gasteiger partial charge in [0.05, 0.1) is 5.69 Å². The molecule has 1 aliphatic carbocycles. The van der Waals surface area contributed by atoms with Crippen molar-refractivity contribution in [2.45, 2.75) is 37.8 Å². The molecule has 1 heterocycles. The number of nitrogens with two attached hydrogens (primary N) is 1. The fraction of sp³-hybridized carbons (Fsp3) is 0.529. The minimum Gasteiger partial charge on any atom is -0.333 e. The van der Waals surface area contributed by atoms with Gasteiger partial charge >= 0.3 is 0 Å². The van der Waals surface area contributed by atoms with Gasteiger partial charge in [-0.3, -0.25) is 9.59 Å². The summed E-state index contributed by atoms with van der Waals surface area (Å²) in [6, 6.07) is 5.78. The number of para-hydroxylation sites is 1. The van der Waals surface area contributed by atoms with Crippen LogP contribution in [0.2, 0.25) is 0 Å². The summed E-state index contributed by atoms with van der Waals surface area (Å²) >= 11 is 0. The van der Waals surface area contributed by atoms with Crippen molar-refractivity contribution in [2.24, 2.45) is 11.7 Å². The Morgan fingerprint density at radius 1 is 1.30 bits per heavy atom. The summed E-state index contributed by atoms with van der Waals surface area (Å²) in [6.45, 7) is 0.423. The van der Waals surface area contributed by atoms with Crippen LogP contribution in [0.1, 0.15) is 25.7 Å². The van der Waals surface area contributed by atoms with E-state index in [9.17, 15) is 14.0 Å². The van der Waals surface area contributed by atoms with E-state index in [0.717, 1.165) is 12.8 Å². The van der Waals surface area contributed by atoms with Gasteiger partial charge in [-0.2, -0.15) is 0 Å². The molecule has 0 radical (unpaired) electrons. The van der Waals surface area contributed by atoms with E-state index in [4.69, 9.17) is 5.73 Å². The van der Waals surface area contributed by atoms with Crippen LogP contribution in [-0.4, -0.2) is 42.4 Å². The first-order valence-corrected chi connectivity index (χ1v) is 8.07. The summed E-state index contributed by atoms with van der Waals surface area (Å²) in [4.78, 5) is 28.2. The Bertz CT molecular complexity index is 622. The van der Waals surface area contributed by atoms with Crippen LogP contribution in [0, 0.1) is 11.7 Å². The van der Waals surface area contributed by atoms with E-state index in [-0.39, 0.29) is 29.5 Å². The van der Waals surface area contributed by atoms with Crippen molar-refractivity contribution >= 4 is 17.5 Å². The lowest BCUT2D eigenvalue weighted by Crippen LogP contribution is -2.45. The Labute approximate surface area is 135 Å². The fourth-order valence-electron chi connectivity index (χ4n) is 3.62. The zero-order chi connectivity index (χ0) is 16.6. The third-order valence-corrected chi connectivity index (χ3v) is 4.96. The molecule has 124 valence electrons. The predicted octanol–water partition coefficient (Wildman–Crippen LogP) is 1.52. The summed E-state index contributed by atoms with van der Waals surface area (Å²) < 4.78 is 13.9. The average molecular weight is 319 g/mol. The lowest BCUT2D eigenvalue weighted by molar-refractivity contribution is -0.140. The second-order valence-electron chi connectivity index (χ2n) is 6.46. The topological polar surface area (TPSA) is 66.6 Å². The molecule has 1 aromatic rings. The molecule has 3 unspecified atom stereocenters. The molecule has 0 aromatic heterocycles. The van der Waals surface area contributed by atoms with Crippen molar-refractivity contribution in [1.82, 2.24) is 4.90 Å². The Hall–Kier alpha value is -1.95. The number of hydrogen-bond donors (Lipinski definition) is 1. The molecular formula is C17H22FN3O2. The van der Waals surface area contributed by atoms with Gasteiger partial charge in [0, 0.05) is 25.6 Å². The van der Waals surface area contributed by atoms with Crippen molar-refractivity contribution in [3.8, 4) is 0 Å². The van der Waals surface area contributed by atoms with E-state index >= 15 is 0 Å². The third-order valence-electron chi connectivity index (χ3n) is 4.96. The molecule has 3 atom stereocenters. The van der Waals surface area contributed by atoms with Crippen LogP contribution >= 0.6 is 0 Å². The molecule has 1 saturated heterocycles. The summed E-state index contributed by atoms with van der Waals surface area (Å²) in [6.07, 6.45) is 2.84. The maximum atomic E-state index is 13.9. The molecule has 0 spiro atoms. The second kappa shape index (κ2) is 6.28. The molecule has 1 saturated carbocycles.